The second-order valence-electron chi connectivity index (χ2n) is 5.65. The summed E-state index contributed by atoms with van der Waals surface area (Å²) >= 11 is 0. The SMILES string of the molecule is CC1CN(CC(=O)Nc2ccc(C(N)=O)cc2)CC(C)N1. The third kappa shape index (κ3) is 4.54. The van der Waals surface area contributed by atoms with Crippen LogP contribution < -0.4 is 16.4 Å². The van der Waals surface area contributed by atoms with Crippen molar-refractivity contribution in [2.45, 2.75) is 25.9 Å². The average molecular weight is 290 g/mol. The standard InChI is InChI=1S/C15H22N4O2/c1-10-7-19(8-11(2)17-10)9-14(20)18-13-5-3-12(4-6-13)15(16)21/h3-6,10-11,17H,7-9H2,1-2H3,(H2,16,21)(H,18,20). The van der Waals surface area contributed by atoms with Gasteiger partial charge in [0.25, 0.3) is 0 Å². The quantitative estimate of drug-likeness (QED) is 0.749. The first-order chi connectivity index (χ1) is 9.94. The van der Waals surface area contributed by atoms with E-state index in [0.717, 1.165) is 13.1 Å². The molecule has 1 heterocycles. The van der Waals surface area contributed by atoms with Crippen LogP contribution in [0.25, 0.3) is 0 Å². The molecule has 1 aliphatic heterocycles. The summed E-state index contributed by atoms with van der Waals surface area (Å²) in [5.74, 6) is -0.528. The minimum absolute atomic E-state index is 0.0527. The van der Waals surface area contributed by atoms with E-state index in [0.29, 0.717) is 29.9 Å². The highest BCUT2D eigenvalue weighted by Gasteiger charge is 2.22. The number of carbonyl (C=O) groups is 2. The van der Waals surface area contributed by atoms with Crippen molar-refractivity contribution in [2.24, 2.45) is 5.73 Å². The summed E-state index contributed by atoms with van der Waals surface area (Å²) < 4.78 is 0. The Morgan fingerprint density at radius 1 is 1.24 bits per heavy atom. The van der Waals surface area contributed by atoms with Gasteiger partial charge in [-0.1, -0.05) is 0 Å². The van der Waals surface area contributed by atoms with Crippen molar-refractivity contribution in [3.05, 3.63) is 29.8 Å². The molecule has 2 amide bonds. The van der Waals surface area contributed by atoms with Crippen molar-refractivity contribution < 1.29 is 9.59 Å². The predicted molar refractivity (Wildman–Crippen MR) is 82.1 cm³/mol. The van der Waals surface area contributed by atoms with Gasteiger partial charge in [0, 0.05) is 36.4 Å². The van der Waals surface area contributed by atoms with Gasteiger partial charge in [0.1, 0.15) is 0 Å². The minimum Gasteiger partial charge on any atom is -0.366 e. The third-order valence-corrected chi connectivity index (χ3v) is 3.45. The molecule has 1 fully saturated rings. The van der Waals surface area contributed by atoms with Crippen LogP contribution in [0.15, 0.2) is 24.3 Å². The highest BCUT2D eigenvalue weighted by Crippen LogP contribution is 2.10. The zero-order chi connectivity index (χ0) is 15.4. The van der Waals surface area contributed by atoms with E-state index in [1.807, 2.05) is 0 Å². The first kappa shape index (κ1) is 15.5. The summed E-state index contributed by atoms with van der Waals surface area (Å²) in [6.07, 6.45) is 0. The summed E-state index contributed by atoms with van der Waals surface area (Å²) in [4.78, 5) is 25.2. The molecule has 1 aromatic rings. The third-order valence-electron chi connectivity index (χ3n) is 3.45. The molecule has 0 bridgehead atoms. The molecule has 4 N–H and O–H groups in total. The second kappa shape index (κ2) is 6.69. The largest absolute Gasteiger partial charge is 0.366 e. The maximum absolute atomic E-state index is 12.0. The van der Waals surface area contributed by atoms with Gasteiger partial charge in [0.05, 0.1) is 6.54 Å². The molecule has 0 radical (unpaired) electrons. The Morgan fingerprint density at radius 2 is 1.81 bits per heavy atom. The number of hydrogen-bond donors (Lipinski definition) is 3. The van der Waals surface area contributed by atoms with Crippen molar-refractivity contribution in [3.63, 3.8) is 0 Å². The van der Waals surface area contributed by atoms with Crippen molar-refractivity contribution in [1.29, 1.82) is 0 Å². The van der Waals surface area contributed by atoms with Crippen LogP contribution in [0.3, 0.4) is 0 Å². The van der Waals surface area contributed by atoms with Gasteiger partial charge in [0.2, 0.25) is 11.8 Å². The lowest BCUT2D eigenvalue weighted by atomic mass is 10.1. The summed E-state index contributed by atoms with van der Waals surface area (Å²) in [6, 6.07) is 7.34. The van der Waals surface area contributed by atoms with E-state index in [-0.39, 0.29) is 5.91 Å². The van der Waals surface area contributed by atoms with E-state index in [2.05, 4.69) is 29.4 Å². The topological polar surface area (TPSA) is 87.5 Å². The van der Waals surface area contributed by atoms with Crippen molar-refractivity contribution in [1.82, 2.24) is 10.2 Å². The highest BCUT2D eigenvalue weighted by atomic mass is 16.2. The zero-order valence-electron chi connectivity index (χ0n) is 12.4. The van der Waals surface area contributed by atoms with Gasteiger partial charge in [-0.2, -0.15) is 0 Å². The first-order valence-electron chi connectivity index (χ1n) is 7.12. The number of nitrogens with zero attached hydrogens (tertiary/aromatic N) is 1. The number of amides is 2. The van der Waals surface area contributed by atoms with Crippen LogP contribution in [-0.4, -0.2) is 48.4 Å². The van der Waals surface area contributed by atoms with Crippen LogP contribution in [0, 0.1) is 0 Å². The monoisotopic (exact) mass is 290 g/mol. The number of anilines is 1. The van der Waals surface area contributed by atoms with Gasteiger partial charge in [-0.15, -0.1) is 0 Å². The molecule has 0 aromatic heterocycles. The van der Waals surface area contributed by atoms with Gasteiger partial charge >= 0.3 is 0 Å². The molecule has 0 spiro atoms. The number of benzene rings is 1. The Morgan fingerprint density at radius 3 is 2.33 bits per heavy atom. The fourth-order valence-corrected chi connectivity index (χ4v) is 2.69. The lowest BCUT2D eigenvalue weighted by molar-refractivity contribution is -0.117. The lowest BCUT2D eigenvalue weighted by Crippen LogP contribution is -2.55. The second-order valence-corrected chi connectivity index (χ2v) is 5.65. The number of hydrogen-bond acceptors (Lipinski definition) is 4. The smallest absolute Gasteiger partial charge is 0.248 e. The number of carbonyl (C=O) groups excluding carboxylic acids is 2. The molecular formula is C15H22N4O2. The van der Waals surface area contributed by atoms with E-state index < -0.39 is 5.91 Å². The van der Waals surface area contributed by atoms with E-state index in [9.17, 15) is 9.59 Å². The number of nitrogens with two attached hydrogens (primary N) is 1. The lowest BCUT2D eigenvalue weighted by Gasteiger charge is -2.35. The van der Waals surface area contributed by atoms with Crippen LogP contribution in [0.5, 0.6) is 0 Å². The number of nitrogens with one attached hydrogen (secondary N) is 2. The summed E-state index contributed by atoms with van der Waals surface area (Å²) in [5.41, 5.74) is 6.27. The molecule has 1 aliphatic rings. The highest BCUT2D eigenvalue weighted by molar-refractivity contribution is 5.95. The summed E-state index contributed by atoms with van der Waals surface area (Å²) in [5, 5.41) is 6.26. The van der Waals surface area contributed by atoms with E-state index in [1.54, 1.807) is 24.3 Å². The molecule has 1 aromatic carbocycles. The minimum atomic E-state index is -0.475. The average Bonchev–Trinajstić information content (AvgIpc) is 2.37. The molecule has 6 heteroatoms. The fourth-order valence-electron chi connectivity index (χ4n) is 2.69. The Kier molecular flexibility index (Phi) is 4.93. The van der Waals surface area contributed by atoms with Crippen molar-refractivity contribution >= 4 is 17.5 Å². The summed E-state index contributed by atoms with van der Waals surface area (Å²) in [7, 11) is 0. The maximum Gasteiger partial charge on any atom is 0.248 e. The van der Waals surface area contributed by atoms with Crippen molar-refractivity contribution in [2.75, 3.05) is 25.0 Å². The van der Waals surface area contributed by atoms with Crippen LogP contribution in [0.4, 0.5) is 5.69 Å². The van der Waals surface area contributed by atoms with Gasteiger partial charge in [-0.3, -0.25) is 14.5 Å². The van der Waals surface area contributed by atoms with E-state index in [4.69, 9.17) is 5.73 Å². The van der Waals surface area contributed by atoms with Gasteiger partial charge in [-0.05, 0) is 38.1 Å². The molecule has 6 nitrogen and oxygen atoms in total. The number of rotatable bonds is 4. The van der Waals surface area contributed by atoms with Crippen LogP contribution >= 0.6 is 0 Å². The Bertz CT molecular complexity index is 505. The molecule has 1 saturated heterocycles. The maximum atomic E-state index is 12.0. The van der Waals surface area contributed by atoms with Crippen LogP contribution in [0.2, 0.25) is 0 Å². The number of primary amides is 1. The van der Waals surface area contributed by atoms with Crippen LogP contribution in [-0.2, 0) is 4.79 Å². The predicted octanol–water partition coefficient (Wildman–Crippen LogP) is 0.406. The zero-order valence-corrected chi connectivity index (χ0v) is 12.4. The van der Waals surface area contributed by atoms with Gasteiger partial charge < -0.3 is 16.4 Å². The van der Waals surface area contributed by atoms with Gasteiger partial charge in [0.15, 0.2) is 0 Å². The molecule has 2 rings (SSSR count). The molecule has 2 atom stereocenters. The molecule has 21 heavy (non-hydrogen) atoms. The molecule has 0 aliphatic carbocycles. The molecular weight excluding hydrogens is 268 g/mol. The Balaban J connectivity index is 1.88. The fraction of sp³-hybridized carbons (Fsp3) is 0.467. The molecule has 2 unspecified atom stereocenters. The van der Waals surface area contributed by atoms with Gasteiger partial charge in [-0.25, -0.2) is 0 Å². The molecule has 0 saturated carbocycles. The number of piperazine rings is 1. The van der Waals surface area contributed by atoms with E-state index in [1.165, 1.54) is 0 Å². The Hall–Kier alpha value is -1.92. The van der Waals surface area contributed by atoms with E-state index >= 15 is 0 Å². The van der Waals surface area contributed by atoms with Crippen LogP contribution in [0.1, 0.15) is 24.2 Å². The molecule has 114 valence electrons. The normalized spacial score (nSPS) is 22.8. The summed E-state index contributed by atoms with van der Waals surface area (Å²) in [6.45, 7) is 6.32. The Labute approximate surface area is 124 Å². The van der Waals surface area contributed by atoms with Crippen molar-refractivity contribution in [3.8, 4) is 0 Å². The first-order valence-corrected chi connectivity index (χ1v) is 7.12.